The Morgan fingerprint density at radius 2 is 2.20 bits per heavy atom. The third-order valence-electron chi connectivity index (χ3n) is 4.35. The quantitative estimate of drug-likeness (QED) is 0.428. The lowest BCUT2D eigenvalue weighted by Crippen LogP contribution is -2.47. The van der Waals surface area contributed by atoms with E-state index >= 15 is 0 Å². The van der Waals surface area contributed by atoms with E-state index in [2.05, 4.69) is 35.2 Å². The van der Waals surface area contributed by atoms with Crippen molar-refractivity contribution in [3.8, 4) is 5.75 Å². The van der Waals surface area contributed by atoms with Gasteiger partial charge in [0, 0.05) is 18.7 Å². The number of rotatable bonds is 6. The van der Waals surface area contributed by atoms with E-state index in [1.165, 1.54) is 0 Å². The zero-order valence-electron chi connectivity index (χ0n) is 14.8. The zero-order valence-corrected chi connectivity index (χ0v) is 16.3. The molecule has 138 valence electrons. The van der Waals surface area contributed by atoms with Crippen LogP contribution in [0.1, 0.15) is 43.5 Å². The molecule has 1 fully saturated rings. The van der Waals surface area contributed by atoms with E-state index in [1.807, 2.05) is 6.07 Å². The van der Waals surface area contributed by atoms with Crippen LogP contribution in [-0.4, -0.2) is 36.4 Å². The number of benzene rings is 1. The predicted octanol–water partition coefficient (Wildman–Crippen LogP) is 2.72. The van der Waals surface area contributed by atoms with Gasteiger partial charge < -0.3 is 9.64 Å². The van der Waals surface area contributed by atoms with Gasteiger partial charge in [0.25, 0.3) is 5.91 Å². The fourth-order valence-electron chi connectivity index (χ4n) is 2.83. The lowest BCUT2D eigenvalue weighted by Gasteiger charge is -2.31. The summed E-state index contributed by atoms with van der Waals surface area (Å²) in [6, 6.07) is 5.36. The number of halogens is 1. The molecule has 3 N–H and O–H groups in total. The second kappa shape index (κ2) is 9.20. The lowest BCUT2D eigenvalue weighted by atomic mass is 9.96. The van der Waals surface area contributed by atoms with Gasteiger partial charge in [0.15, 0.2) is 0 Å². The van der Waals surface area contributed by atoms with E-state index < -0.39 is 0 Å². The number of hydrogen-bond donors (Lipinski definition) is 2. The van der Waals surface area contributed by atoms with Gasteiger partial charge in [-0.1, -0.05) is 13.8 Å². The van der Waals surface area contributed by atoms with Crippen LogP contribution in [-0.2, 0) is 4.79 Å². The van der Waals surface area contributed by atoms with Gasteiger partial charge in [0.1, 0.15) is 5.75 Å². The van der Waals surface area contributed by atoms with Crippen molar-refractivity contribution in [2.24, 2.45) is 17.7 Å². The van der Waals surface area contributed by atoms with Gasteiger partial charge in [-0.2, -0.15) is 0 Å². The van der Waals surface area contributed by atoms with Gasteiger partial charge in [-0.15, -0.1) is 0 Å². The molecule has 1 heterocycles. The molecule has 2 amide bonds. The first kappa shape index (κ1) is 19.7. The summed E-state index contributed by atoms with van der Waals surface area (Å²) in [4.78, 5) is 26.2. The Morgan fingerprint density at radius 1 is 1.44 bits per heavy atom. The Kier molecular flexibility index (Phi) is 7.25. The second-order valence-electron chi connectivity index (χ2n) is 6.78. The average molecular weight is 412 g/mol. The van der Waals surface area contributed by atoms with Crippen LogP contribution in [0.25, 0.3) is 0 Å². The van der Waals surface area contributed by atoms with Crippen LogP contribution < -0.4 is 16.0 Å². The highest BCUT2D eigenvalue weighted by Crippen LogP contribution is 2.28. The lowest BCUT2D eigenvalue weighted by molar-refractivity contribution is -0.126. The van der Waals surface area contributed by atoms with Crippen molar-refractivity contribution < 1.29 is 14.3 Å². The van der Waals surface area contributed by atoms with E-state index in [9.17, 15) is 9.59 Å². The summed E-state index contributed by atoms with van der Waals surface area (Å²) < 4.78 is 6.51. The Morgan fingerprint density at radius 3 is 2.84 bits per heavy atom. The summed E-state index contributed by atoms with van der Waals surface area (Å²) in [5.41, 5.74) is 2.76. The van der Waals surface area contributed by atoms with Gasteiger partial charge in [-0.05, 0) is 59.3 Å². The maximum atomic E-state index is 12.7. The number of carbonyl (C=O) groups excluding carboxylic acids is 2. The SMILES string of the molecule is CC(C)CCOc1ccc(C(=O)N2CCCC(C(=O)NN)C2)cc1Br. The van der Waals surface area contributed by atoms with E-state index in [0.717, 1.165) is 29.5 Å². The molecule has 7 heteroatoms. The summed E-state index contributed by atoms with van der Waals surface area (Å²) in [5.74, 6) is 5.98. The molecule has 1 aromatic rings. The van der Waals surface area contributed by atoms with E-state index in [4.69, 9.17) is 10.6 Å². The number of amides is 2. The molecular formula is C18H26BrN3O3. The van der Waals surface area contributed by atoms with Crippen molar-refractivity contribution in [3.63, 3.8) is 0 Å². The number of nitrogens with one attached hydrogen (secondary N) is 1. The average Bonchev–Trinajstić information content (AvgIpc) is 2.61. The van der Waals surface area contributed by atoms with Crippen LogP contribution in [0.4, 0.5) is 0 Å². The maximum absolute atomic E-state index is 12.7. The number of carbonyl (C=O) groups is 2. The first-order chi connectivity index (χ1) is 11.9. The summed E-state index contributed by atoms with van der Waals surface area (Å²) in [5, 5.41) is 0. The van der Waals surface area contributed by atoms with Crippen molar-refractivity contribution in [3.05, 3.63) is 28.2 Å². The number of hydrogen-bond acceptors (Lipinski definition) is 4. The predicted molar refractivity (Wildman–Crippen MR) is 100 cm³/mol. The number of hydrazine groups is 1. The molecule has 0 spiro atoms. The first-order valence-corrected chi connectivity index (χ1v) is 9.43. The topological polar surface area (TPSA) is 84.7 Å². The number of nitrogens with two attached hydrogens (primary N) is 1. The normalized spacial score (nSPS) is 17.5. The van der Waals surface area contributed by atoms with Crippen LogP contribution in [0.5, 0.6) is 5.75 Å². The van der Waals surface area contributed by atoms with Crippen LogP contribution in [0.3, 0.4) is 0 Å². The largest absolute Gasteiger partial charge is 0.492 e. The third-order valence-corrected chi connectivity index (χ3v) is 4.97. The van der Waals surface area contributed by atoms with Crippen LogP contribution in [0.2, 0.25) is 0 Å². The zero-order chi connectivity index (χ0) is 18.4. The Hall–Kier alpha value is -1.60. The number of likely N-dealkylation sites (tertiary alicyclic amines) is 1. The molecule has 1 aliphatic rings. The van der Waals surface area contributed by atoms with Gasteiger partial charge in [-0.3, -0.25) is 15.0 Å². The first-order valence-electron chi connectivity index (χ1n) is 8.64. The van der Waals surface area contributed by atoms with Gasteiger partial charge >= 0.3 is 0 Å². The minimum Gasteiger partial charge on any atom is -0.492 e. The Bertz CT molecular complexity index is 622. The summed E-state index contributed by atoms with van der Waals surface area (Å²) in [6.07, 6.45) is 2.52. The van der Waals surface area contributed by atoms with Crippen LogP contribution in [0.15, 0.2) is 22.7 Å². The van der Waals surface area contributed by atoms with Crippen molar-refractivity contribution in [2.45, 2.75) is 33.1 Å². The van der Waals surface area contributed by atoms with Gasteiger partial charge in [0.2, 0.25) is 5.91 Å². The minimum atomic E-state index is -0.246. The molecule has 1 saturated heterocycles. The number of piperidine rings is 1. The molecule has 0 aliphatic carbocycles. The standard InChI is InChI=1S/C18H26BrN3O3/c1-12(2)7-9-25-16-6-5-13(10-15(16)19)18(24)22-8-3-4-14(11-22)17(23)21-20/h5-6,10,12,14H,3-4,7-9,11,20H2,1-2H3,(H,21,23). The molecule has 1 aliphatic heterocycles. The van der Waals surface area contributed by atoms with Crippen molar-refractivity contribution in [1.82, 2.24) is 10.3 Å². The molecular weight excluding hydrogens is 386 g/mol. The van der Waals surface area contributed by atoms with Gasteiger partial charge in [-0.25, -0.2) is 5.84 Å². The van der Waals surface area contributed by atoms with Crippen molar-refractivity contribution >= 4 is 27.7 Å². The highest BCUT2D eigenvalue weighted by Gasteiger charge is 2.28. The molecule has 0 radical (unpaired) electrons. The smallest absolute Gasteiger partial charge is 0.253 e. The maximum Gasteiger partial charge on any atom is 0.253 e. The molecule has 6 nitrogen and oxygen atoms in total. The fraction of sp³-hybridized carbons (Fsp3) is 0.556. The number of ether oxygens (including phenoxy) is 1. The van der Waals surface area contributed by atoms with E-state index in [0.29, 0.717) is 31.2 Å². The molecule has 0 bridgehead atoms. The molecule has 1 atom stereocenters. The molecule has 1 aromatic carbocycles. The van der Waals surface area contributed by atoms with Crippen molar-refractivity contribution in [2.75, 3.05) is 19.7 Å². The summed E-state index contributed by atoms with van der Waals surface area (Å²) in [7, 11) is 0. The molecule has 0 aromatic heterocycles. The molecule has 0 saturated carbocycles. The molecule has 2 rings (SSSR count). The second-order valence-corrected chi connectivity index (χ2v) is 7.63. The Balaban J connectivity index is 2.01. The minimum absolute atomic E-state index is 0.0797. The van der Waals surface area contributed by atoms with Crippen LogP contribution >= 0.6 is 15.9 Å². The molecule has 1 unspecified atom stereocenters. The molecule has 25 heavy (non-hydrogen) atoms. The van der Waals surface area contributed by atoms with E-state index in [-0.39, 0.29) is 17.7 Å². The number of nitrogens with zero attached hydrogens (tertiary/aromatic N) is 1. The van der Waals surface area contributed by atoms with Gasteiger partial charge in [0.05, 0.1) is 17.0 Å². The summed E-state index contributed by atoms with van der Waals surface area (Å²) >= 11 is 3.48. The monoisotopic (exact) mass is 411 g/mol. The van der Waals surface area contributed by atoms with E-state index in [1.54, 1.807) is 17.0 Å². The third kappa shape index (κ3) is 5.44. The van der Waals surface area contributed by atoms with Crippen molar-refractivity contribution in [1.29, 1.82) is 0 Å². The highest BCUT2D eigenvalue weighted by molar-refractivity contribution is 9.10. The van der Waals surface area contributed by atoms with Crippen LogP contribution in [0, 0.1) is 11.8 Å². The highest BCUT2D eigenvalue weighted by atomic mass is 79.9. The summed E-state index contributed by atoms with van der Waals surface area (Å²) in [6.45, 7) is 5.99. The Labute approximate surface area is 157 Å². The fourth-order valence-corrected chi connectivity index (χ4v) is 3.32.